The molecule has 0 amide bonds. The Labute approximate surface area is 124 Å². The topological polar surface area (TPSA) is 53.7 Å². The van der Waals surface area contributed by atoms with E-state index in [0.717, 1.165) is 42.7 Å². The van der Waals surface area contributed by atoms with E-state index in [1.165, 1.54) is 12.8 Å². The largest absolute Gasteiger partial charge is 0.481 e. The van der Waals surface area contributed by atoms with Gasteiger partial charge >= 0.3 is 5.97 Å². The third-order valence-corrected chi connectivity index (χ3v) is 4.28. The lowest BCUT2D eigenvalue weighted by molar-refractivity contribution is -0.137. The molecular weight excluding hydrogens is 266 g/mol. The zero-order valence-corrected chi connectivity index (χ0v) is 12.1. The van der Waals surface area contributed by atoms with Gasteiger partial charge in [-0.1, -0.05) is 24.6 Å². The highest BCUT2D eigenvalue weighted by molar-refractivity contribution is 5.77. The number of furan rings is 1. The van der Waals surface area contributed by atoms with E-state index >= 15 is 0 Å². The Morgan fingerprint density at radius 2 is 2.19 bits per heavy atom. The van der Waals surface area contributed by atoms with Crippen LogP contribution < -0.4 is 0 Å². The number of fused-ring (bicyclic) bond motifs is 1. The molecule has 1 aromatic carbocycles. The van der Waals surface area contributed by atoms with E-state index in [9.17, 15) is 4.79 Å². The lowest BCUT2D eigenvalue weighted by Gasteiger charge is -2.34. The monoisotopic (exact) mass is 287 g/mol. The van der Waals surface area contributed by atoms with Crippen molar-refractivity contribution in [3.63, 3.8) is 0 Å². The Morgan fingerprint density at radius 1 is 1.33 bits per heavy atom. The summed E-state index contributed by atoms with van der Waals surface area (Å²) < 4.78 is 5.89. The third kappa shape index (κ3) is 3.45. The molecule has 0 saturated carbocycles. The van der Waals surface area contributed by atoms with Crippen LogP contribution in [0.4, 0.5) is 0 Å². The molecule has 0 spiro atoms. The molecule has 21 heavy (non-hydrogen) atoms. The second-order valence-corrected chi connectivity index (χ2v) is 5.80. The Bertz CT molecular complexity index is 586. The first-order valence-corrected chi connectivity index (χ1v) is 7.65. The zero-order valence-electron chi connectivity index (χ0n) is 12.1. The van der Waals surface area contributed by atoms with Crippen molar-refractivity contribution in [2.24, 2.45) is 0 Å². The molecule has 1 aliphatic heterocycles. The molecule has 3 rings (SSSR count). The number of rotatable bonds is 5. The Hall–Kier alpha value is -1.81. The highest BCUT2D eigenvalue weighted by atomic mass is 16.4. The van der Waals surface area contributed by atoms with Crippen molar-refractivity contribution in [2.75, 3.05) is 6.54 Å². The molecule has 2 aromatic rings. The number of nitrogens with zero attached hydrogens (tertiary/aromatic N) is 1. The van der Waals surface area contributed by atoms with E-state index in [4.69, 9.17) is 9.52 Å². The first kappa shape index (κ1) is 14.1. The maximum Gasteiger partial charge on any atom is 0.303 e. The number of hydrogen-bond acceptors (Lipinski definition) is 3. The van der Waals surface area contributed by atoms with Gasteiger partial charge in [0.25, 0.3) is 0 Å². The number of para-hydroxylation sites is 1. The summed E-state index contributed by atoms with van der Waals surface area (Å²) in [6.07, 6.45) is 4.45. The van der Waals surface area contributed by atoms with Crippen LogP contribution in [0.15, 0.2) is 34.7 Å². The second kappa shape index (κ2) is 6.31. The van der Waals surface area contributed by atoms with E-state index in [1.807, 2.05) is 18.2 Å². The summed E-state index contributed by atoms with van der Waals surface area (Å²) in [4.78, 5) is 13.2. The van der Waals surface area contributed by atoms with Crippen molar-refractivity contribution < 1.29 is 14.3 Å². The molecule has 1 N–H and O–H groups in total. The van der Waals surface area contributed by atoms with Crippen LogP contribution in [0.25, 0.3) is 11.0 Å². The SMILES string of the molecule is O=C(O)CCC1CCCCN1Cc1cc2ccccc2o1. The number of carboxylic acid groups (broad SMARTS) is 1. The van der Waals surface area contributed by atoms with Crippen molar-refractivity contribution in [3.8, 4) is 0 Å². The van der Waals surface area contributed by atoms with Crippen molar-refractivity contribution in [1.82, 2.24) is 4.90 Å². The number of aliphatic carboxylic acids is 1. The predicted octanol–water partition coefficient (Wildman–Crippen LogP) is 3.65. The Balaban J connectivity index is 1.69. The molecule has 0 aliphatic carbocycles. The minimum Gasteiger partial charge on any atom is -0.481 e. The lowest BCUT2D eigenvalue weighted by Crippen LogP contribution is -2.39. The summed E-state index contributed by atoms with van der Waals surface area (Å²) in [7, 11) is 0. The zero-order chi connectivity index (χ0) is 14.7. The van der Waals surface area contributed by atoms with Crippen molar-refractivity contribution in [2.45, 2.75) is 44.7 Å². The standard InChI is InChI=1S/C17H21NO3/c19-17(20)9-8-14-6-3-4-10-18(14)12-15-11-13-5-1-2-7-16(13)21-15/h1-2,5,7,11,14H,3-4,6,8-10,12H2,(H,19,20). The van der Waals surface area contributed by atoms with Gasteiger partial charge in [-0.25, -0.2) is 0 Å². The number of likely N-dealkylation sites (tertiary alicyclic amines) is 1. The summed E-state index contributed by atoms with van der Waals surface area (Å²) in [6, 6.07) is 10.5. The first-order chi connectivity index (χ1) is 10.2. The summed E-state index contributed by atoms with van der Waals surface area (Å²) >= 11 is 0. The summed E-state index contributed by atoms with van der Waals surface area (Å²) in [5.74, 6) is 0.266. The maximum atomic E-state index is 10.8. The van der Waals surface area contributed by atoms with Gasteiger partial charge in [0, 0.05) is 17.8 Å². The average molecular weight is 287 g/mol. The maximum absolute atomic E-state index is 10.8. The highest BCUT2D eigenvalue weighted by Gasteiger charge is 2.24. The smallest absolute Gasteiger partial charge is 0.303 e. The van der Waals surface area contributed by atoms with Gasteiger partial charge in [0.05, 0.1) is 6.54 Å². The molecule has 1 atom stereocenters. The molecular formula is C17H21NO3. The van der Waals surface area contributed by atoms with Gasteiger partial charge < -0.3 is 9.52 Å². The van der Waals surface area contributed by atoms with Gasteiger partial charge in [0.2, 0.25) is 0 Å². The minimum atomic E-state index is -0.704. The molecule has 1 fully saturated rings. The van der Waals surface area contributed by atoms with Gasteiger partial charge in [0.1, 0.15) is 11.3 Å². The van der Waals surface area contributed by atoms with Crippen LogP contribution in [0.2, 0.25) is 0 Å². The fourth-order valence-electron chi connectivity index (χ4n) is 3.20. The van der Waals surface area contributed by atoms with Gasteiger partial charge in [-0.05, 0) is 37.9 Å². The summed E-state index contributed by atoms with van der Waals surface area (Å²) in [6.45, 7) is 1.81. The second-order valence-electron chi connectivity index (χ2n) is 5.80. The van der Waals surface area contributed by atoms with Crippen LogP contribution in [0, 0.1) is 0 Å². The molecule has 112 valence electrons. The van der Waals surface area contributed by atoms with Crippen molar-refractivity contribution >= 4 is 16.9 Å². The Morgan fingerprint density at radius 3 is 3.00 bits per heavy atom. The van der Waals surface area contributed by atoms with Crippen LogP contribution in [0.3, 0.4) is 0 Å². The molecule has 0 radical (unpaired) electrons. The molecule has 2 heterocycles. The van der Waals surface area contributed by atoms with Crippen molar-refractivity contribution in [1.29, 1.82) is 0 Å². The first-order valence-electron chi connectivity index (χ1n) is 7.65. The molecule has 1 aromatic heterocycles. The molecule has 4 heteroatoms. The van der Waals surface area contributed by atoms with E-state index in [2.05, 4.69) is 17.0 Å². The van der Waals surface area contributed by atoms with Crippen molar-refractivity contribution in [3.05, 3.63) is 36.1 Å². The number of piperidine rings is 1. The lowest BCUT2D eigenvalue weighted by atomic mass is 9.98. The predicted molar refractivity (Wildman–Crippen MR) is 81.1 cm³/mol. The van der Waals surface area contributed by atoms with Gasteiger partial charge in [-0.15, -0.1) is 0 Å². The number of benzene rings is 1. The van der Waals surface area contributed by atoms with Crippen LogP contribution in [-0.2, 0) is 11.3 Å². The molecule has 1 unspecified atom stereocenters. The number of carboxylic acids is 1. The third-order valence-electron chi connectivity index (χ3n) is 4.28. The highest BCUT2D eigenvalue weighted by Crippen LogP contribution is 2.25. The number of hydrogen-bond donors (Lipinski definition) is 1. The van der Waals surface area contributed by atoms with E-state index in [1.54, 1.807) is 0 Å². The van der Waals surface area contributed by atoms with E-state index in [0.29, 0.717) is 6.04 Å². The molecule has 1 saturated heterocycles. The minimum absolute atomic E-state index is 0.251. The number of carbonyl (C=O) groups is 1. The fraction of sp³-hybridized carbons (Fsp3) is 0.471. The van der Waals surface area contributed by atoms with Gasteiger partial charge in [-0.3, -0.25) is 9.69 Å². The Kier molecular flexibility index (Phi) is 4.25. The average Bonchev–Trinajstić information content (AvgIpc) is 2.88. The van der Waals surface area contributed by atoms with E-state index < -0.39 is 5.97 Å². The fourth-order valence-corrected chi connectivity index (χ4v) is 3.20. The molecule has 0 bridgehead atoms. The van der Waals surface area contributed by atoms with Crippen LogP contribution >= 0.6 is 0 Å². The molecule has 1 aliphatic rings. The van der Waals surface area contributed by atoms with Crippen LogP contribution in [-0.4, -0.2) is 28.6 Å². The van der Waals surface area contributed by atoms with Crippen LogP contribution in [0.5, 0.6) is 0 Å². The summed E-state index contributed by atoms with van der Waals surface area (Å²) in [5.41, 5.74) is 0.923. The van der Waals surface area contributed by atoms with Gasteiger partial charge in [-0.2, -0.15) is 0 Å². The normalized spacial score (nSPS) is 19.9. The van der Waals surface area contributed by atoms with Crippen LogP contribution in [0.1, 0.15) is 37.9 Å². The molecule has 4 nitrogen and oxygen atoms in total. The quantitative estimate of drug-likeness (QED) is 0.912. The van der Waals surface area contributed by atoms with E-state index in [-0.39, 0.29) is 6.42 Å². The summed E-state index contributed by atoms with van der Waals surface area (Å²) in [5, 5.41) is 10.0. The van der Waals surface area contributed by atoms with Gasteiger partial charge in [0.15, 0.2) is 0 Å².